The van der Waals surface area contributed by atoms with Crippen molar-refractivity contribution in [3.63, 3.8) is 0 Å². The summed E-state index contributed by atoms with van der Waals surface area (Å²) in [6, 6.07) is 0. The quantitative estimate of drug-likeness (QED) is 0.707. The van der Waals surface area contributed by atoms with Gasteiger partial charge in [-0.05, 0) is 12.8 Å². The molecular weight excluding hydrogens is 202 g/mol. The molecule has 0 aromatic carbocycles. The van der Waals surface area contributed by atoms with Crippen molar-refractivity contribution in [3.05, 3.63) is 0 Å². The first-order valence-electron chi connectivity index (χ1n) is 6.12. The van der Waals surface area contributed by atoms with E-state index in [0.29, 0.717) is 19.5 Å². The molecular formula is C13H19NO2. The molecule has 0 spiro atoms. The molecule has 0 radical (unpaired) electrons. The Kier molecular flexibility index (Phi) is 3.50. The highest BCUT2D eigenvalue weighted by molar-refractivity contribution is 5.79. The summed E-state index contributed by atoms with van der Waals surface area (Å²) in [7, 11) is 0. The van der Waals surface area contributed by atoms with Gasteiger partial charge in [0.05, 0.1) is 6.10 Å². The summed E-state index contributed by atoms with van der Waals surface area (Å²) in [5.41, 5.74) is 0. The summed E-state index contributed by atoms with van der Waals surface area (Å²) < 4.78 is 0. The van der Waals surface area contributed by atoms with Gasteiger partial charge in [-0.2, -0.15) is 0 Å². The Morgan fingerprint density at radius 2 is 2.19 bits per heavy atom. The summed E-state index contributed by atoms with van der Waals surface area (Å²) in [5.74, 6) is 3.14. The van der Waals surface area contributed by atoms with Crippen molar-refractivity contribution >= 4 is 5.91 Å². The van der Waals surface area contributed by atoms with E-state index < -0.39 is 0 Å². The molecule has 2 rings (SSSR count). The SMILES string of the molecule is C#CC1CC(=O)N(CC2CCCCC2O)C1. The second kappa shape index (κ2) is 4.88. The van der Waals surface area contributed by atoms with Crippen LogP contribution >= 0.6 is 0 Å². The van der Waals surface area contributed by atoms with Crippen LogP contribution in [0.3, 0.4) is 0 Å². The molecule has 1 aliphatic carbocycles. The number of carbonyl (C=O) groups is 1. The zero-order chi connectivity index (χ0) is 11.5. The van der Waals surface area contributed by atoms with Crippen molar-refractivity contribution in [2.24, 2.45) is 11.8 Å². The molecule has 3 nitrogen and oxygen atoms in total. The van der Waals surface area contributed by atoms with Gasteiger partial charge in [-0.3, -0.25) is 4.79 Å². The first kappa shape index (κ1) is 11.5. The van der Waals surface area contributed by atoms with Gasteiger partial charge in [0.1, 0.15) is 0 Å². The number of amides is 1. The summed E-state index contributed by atoms with van der Waals surface area (Å²) >= 11 is 0. The molecule has 1 saturated heterocycles. The van der Waals surface area contributed by atoms with Crippen LogP contribution < -0.4 is 0 Å². The van der Waals surface area contributed by atoms with Crippen LogP contribution in [-0.2, 0) is 4.79 Å². The number of aliphatic hydroxyl groups is 1. The number of hydrogen-bond acceptors (Lipinski definition) is 2. The van der Waals surface area contributed by atoms with Crippen molar-refractivity contribution in [3.8, 4) is 12.3 Å². The standard InChI is InChI=1S/C13H19NO2/c1-2-10-7-13(16)14(8-10)9-11-5-3-4-6-12(11)15/h1,10-12,15H,3-9H2. The van der Waals surface area contributed by atoms with Crippen molar-refractivity contribution in [2.45, 2.75) is 38.2 Å². The second-order valence-electron chi connectivity index (χ2n) is 4.98. The predicted octanol–water partition coefficient (Wildman–Crippen LogP) is 1.02. The van der Waals surface area contributed by atoms with Gasteiger partial charge >= 0.3 is 0 Å². The highest BCUT2D eigenvalue weighted by Crippen LogP contribution is 2.27. The Hall–Kier alpha value is -1.01. The number of nitrogens with zero attached hydrogens (tertiary/aromatic N) is 1. The van der Waals surface area contributed by atoms with Crippen LogP contribution in [-0.4, -0.2) is 35.1 Å². The van der Waals surface area contributed by atoms with E-state index in [1.807, 2.05) is 4.90 Å². The Balaban J connectivity index is 1.89. The lowest BCUT2D eigenvalue weighted by atomic mass is 9.86. The fourth-order valence-electron chi connectivity index (χ4n) is 2.74. The maximum Gasteiger partial charge on any atom is 0.223 e. The van der Waals surface area contributed by atoms with Crippen molar-refractivity contribution < 1.29 is 9.90 Å². The first-order chi connectivity index (χ1) is 7.70. The number of rotatable bonds is 2. The lowest BCUT2D eigenvalue weighted by molar-refractivity contribution is -0.128. The monoisotopic (exact) mass is 221 g/mol. The summed E-state index contributed by atoms with van der Waals surface area (Å²) in [4.78, 5) is 13.5. The van der Waals surface area contributed by atoms with Crippen LogP contribution in [0.15, 0.2) is 0 Å². The maximum absolute atomic E-state index is 11.7. The van der Waals surface area contributed by atoms with E-state index in [9.17, 15) is 9.90 Å². The molecule has 1 N–H and O–H groups in total. The smallest absolute Gasteiger partial charge is 0.223 e. The third-order valence-electron chi connectivity index (χ3n) is 3.77. The van der Waals surface area contributed by atoms with Gasteiger partial charge in [0.2, 0.25) is 5.91 Å². The van der Waals surface area contributed by atoms with Crippen LogP contribution in [0.2, 0.25) is 0 Å². The second-order valence-corrected chi connectivity index (χ2v) is 4.98. The van der Waals surface area contributed by atoms with Crippen molar-refractivity contribution in [1.82, 2.24) is 4.90 Å². The Morgan fingerprint density at radius 3 is 2.81 bits per heavy atom. The number of carbonyl (C=O) groups excluding carboxylic acids is 1. The minimum Gasteiger partial charge on any atom is -0.393 e. The van der Waals surface area contributed by atoms with Crippen LogP contribution in [0.5, 0.6) is 0 Å². The minimum absolute atomic E-state index is 0.0771. The average molecular weight is 221 g/mol. The molecule has 0 aromatic rings. The van der Waals surface area contributed by atoms with Gasteiger partial charge in [-0.25, -0.2) is 0 Å². The number of likely N-dealkylation sites (tertiary alicyclic amines) is 1. The van der Waals surface area contributed by atoms with E-state index in [4.69, 9.17) is 6.42 Å². The topological polar surface area (TPSA) is 40.5 Å². The van der Waals surface area contributed by atoms with Gasteiger partial charge in [0.25, 0.3) is 0 Å². The molecule has 0 bridgehead atoms. The molecule has 16 heavy (non-hydrogen) atoms. The third-order valence-corrected chi connectivity index (χ3v) is 3.77. The Morgan fingerprint density at radius 1 is 1.44 bits per heavy atom. The summed E-state index contributed by atoms with van der Waals surface area (Å²) in [5, 5.41) is 9.86. The highest BCUT2D eigenvalue weighted by Gasteiger charge is 2.32. The van der Waals surface area contributed by atoms with E-state index in [-0.39, 0.29) is 23.8 Å². The zero-order valence-corrected chi connectivity index (χ0v) is 9.56. The molecule has 3 heteroatoms. The van der Waals surface area contributed by atoms with E-state index in [1.54, 1.807) is 0 Å². The molecule has 2 aliphatic rings. The Labute approximate surface area is 96.8 Å². The van der Waals surface area contributed by atoms with E-state index >= 15 is 0 Å². The van der Waals surface area contributed by atoms with Crippen LogP contribution in [0.1, 0.15) is 32.1 Å². The number of terminal acetylenes is 1. The molecule has 1 heterocycles. The molecule has 3 atom stereocenters. The average Bonchev–Trinajstić information content (AvgIpc) is 2.63. The largest absolute Gasteiger partial charge is 0.393 e. The lowest BCUT2D eigenvalue weighted by Gasteiger charge is -2.31. The van der Waals surface area contributed by atoms with Gasteiger partial charge in [-0.1, -0.05) is 12.8 Å². The highest BCUT2D eigenvalue weighted by atomic mass is 16.3. The van der Waals surface area contributed by atoms with Crippen LogP contribution in [0.25, 0.3) is 0 Å². The van der Waals surface area contributed by atoms with E-state index in [2.05, 4.69) is 5.92 Å². The van der Waals surface area contributed by atoms with Gasteiger partial charge in [0.15, 0.2) is 0 Å². The van der Waals surface area contributed by atoms with Crippen molar-refractivity contribution in [1.29, 1.82) is 0 Å². The van der Waals surface area contributed by atoms with Crippen molar-refractivity contribution in [2.75, 3.05) is 13.1 Å². The van der Waals surface area contributed by atoms with E-state index in [1.165, 1.54) is 6.42 Å². The van der Waals surface area contributed by atoms with Gasteiger partial charge in [-0.15, -0.1) is 12.3 Å². The fourth-order valence-corrected chi connectivity index (χ4v) is 2.74. The molecule has 88 valence electrons. The van der Waals surface area contributed by atoms with Crippen LogP contribution in [0, 0.1) is 24.2 Å². The van der Waals surface area contributed by atoms with E-state index in [0.717, 1.165) is 19.3 Å². The normalized spacial score (nSPS) is 35.1. The molecule has 1 saturated carbocycles. The molecule has 1 aliphatic heterocycles. The van der Waals surface area contributed by atoms with Gasteiger partial charge < -0.3 is 10.0 Å². The summed E-state index contributed by atoms with van der Waals surface area (Å²) in [6.07, 6.45) is 9.79. The third kappa shape index (κ3) is 2.38. The van der Waals surface area contributed by atoms with Crippen LogP contribution in [0.4, 0.5) is 0 Å². The Bertz CT molecular complexity index is 308. The molecule has 2 fully saturated rings. The molecule has 3 unspecified atom stereocenters. The lowest BCUT2D eigenvalue weighted by Crippen LogP contribution is -2.37. The molecule has 1 amide bonds. The number of hydrogen-bond donors (Lipinski definition) is 1. The number of aliphatic hydroxyl groups excluding tert-OH is 1. The molecule has 0 aromatic heterocycles. The summed E-state index contributed by atoms with van der Waals surface area (Å²) in [6.45, 7) is 1.37. The minimum atomic E-state index is -0.230. The zero-order valence-electron chi connectivity index (χ0n) is 9.56. The first-order valence-corrected chi connectivity index (χ1v) is 6.12. The predicted molar refractivity (Wildman–Crippen MR) is 61.5 cm³/mol. The maximum atomic E-state index is 11.7. The fraction of sp³-hybridized carbons (Fsp3) is 0.769. The van der Waals surface area contributed by atoms with Gasteiger partial charge in [0, 0.05) is 31.3 Å².